The Balaban J connectivity index is 2.80. The fourth-order valence-corrected chi connectivity index (χ4v) is 4.20. The summed E-state index contributed by atoms with van der Waals surface area (Å²) in [7, 11) is -4.03. The van der Waals surface area contributed by atoms with Crippen molar-refractivity contribution in [1.29, 1.82) is 0 Å². The van der Waals surface area contributed by atoms with Crippen molar-refractivity contribution >= 4 is 19.3 Å². The Hall–Kier alpha value is -0.870. The Morgan fingerprint density at radius 2 is 1.80 bits per heavy atom. The Kier molecular flexibility index (Phi) is 8.62. The van der Waals surface area contributed by atoms with E-state index in [0.29, 0.717) is 0 Å². The van der Waals surface area contributed by atoms with Crippen LogP contribution in [-0.4, -0.2) is 65.4 Å². The van der Waals surface area contributed by atoms with Crippen LogP contribution in [-0.2, 0) is 32.8 Å². The highest BCUT2D eigenvalue weighted by Gasteiger charge is 2.45. The average molecular weight is 383 g/mol. The molecule has 1 heterocycles. The van der Waals surface area contributed by atoms with Gasteiger partial charge in [-0.05, 0) is 27.7 Å². The van der Waals surface area contributed by atoms with Crippen molar-refractivity contribution in [3.05, 3.63) is 0 Å². The smallest absolute Gasteiger partial charge is 0.350 e. The number of carbonyl (C=O) groups is 2. The number of hydrogen-bond donors (Lipinski definition) is 3. The standard InChI is InChI=1S/C14H26NO9P/c1-5-21-25(20,22-6-2)12(8(3)16)13(19)15-24-14-11(18)7-10(17)9(4)23-14/h9-12,14,17-18H,5-7H2,1-4H3,(H,15,19)/t9-,10+,11+,12?,14?/m1/s1. The minimum atomic E-state index is -4.03. The lowest BCUT2D eigenvalue weighted by atomic mass is 10.0. The summed E-state index contributed by atoms with van der Waals surface area (Å²) in [6.45, 7) is 5.72. The van der Waals surface area contributed by atoms with Crippen LogP contribution in [0.3, 0.4) is 0 Å². The number of aliphatic hydroxyl groups is 2. The van der Waals surface area contributed by atoms with Gasteiger partial charge in [0.05, 0.1) is 25.4 Å². The van der Waals surface area contributed by atoms with Crippen LogP contribution in [0.2, 0.25) is 0 Å². The minimum Gasteiger partial charge on any atom is -0.390 e. The van der Waals surface area contributed by atoms with Gasteiger partial charge in [-0.15, -0.1) is 0 Å². The molecule has 11 heteroatoms. The molecule has 0 spiro atoms. The van der Waals surface area contributed by atoms with Gasteiger partial charge in [-0.25, -0.2) is 10.3 Å². The summed E-state index contributed by atoms with van der Waals surface area (Å²) >= 11 is 0. The van der Waals surface area contributed by atoms with Crippen molar-refractivity contribution in [1.82, 2.24) is 5.48 Å². The van der Waals surface area contributed by atoms with Crippen molar-refractivity contribution in [3.8, 4) is 0 Å². The molecule has 1 fully saturated rings. The fourth-order valence-electron chi connectivity index (χ4n) is 2.32. The van der Waals surface area contributed by atoms with Gasteiger partial charge in [0.15, 0.2) is 11.4 Å². The highest BCUT2D eigenvalue weighted by molar-refractivity contribution is 7.57. The van der Waals surface area contributed by atoms with Crippen molar-refractivity contribution in [3.63, 3.8) is 0 Å². The van der Waals surface area contributed by atoms with E-state index in [2.05, 4.69) is 0 Å². The normalized spacial score (nSPS) is 28.4. The summed E-state index contributed by atoms with van der Waals surface area (Å²) in [5, 5.41) is 19.4. The number of aliphatic hydroxyl groups excluding tert-OH is 2. The van der Waals surface area contributed by atoms with Crippen LogP contribution in [0.1, 0.15) is 34.1 Å². The van der Waals surface area contributed by atoms with Crippen LogP contribution in [0.15, 0.2) is 0 Å². The molecule has 0 aromatic heterocycles. The molecule has 1 saturated heterocycles. The van der Waals surface area contributed by atoms with Crippen LogP contribution in [0.5, 0.6) is 0 Å². The number of carbonyl (C=O) groups excluding carboxylic acids is 2. The number of amides is 1. The lowest BCUT2D eigenvalue weighted by molar-refractivity contribution is -0.277. The molecular weight excluding hydrogens is 357 g/mol. The molecule has 146 valence electrons. The first-order valence-electron chi connectivity index (χ1n) is 8.02. The molecule has 3 N–H and O–H groups in total. The third-order valence-corrected chi connectivity index (χ3v) is 6.00. The first kappa shape index (κ1) is 22.2. The Morgan fingerprint density at radius 3 is 2.28 bits per heavy atom. The second-order valence-electron chi connectivity index (χ2n) is 5.55. The van der Waals surface area contributed by atoms with E-state index < -0.39 is 49.5 Å². The van der Waals surface area contributed by atoms with Crippen LogP contribution in [0, 0.1) is 0 Å². The summed E-state index contributed by atoms with van der Waals surface area (Å²) < 4.78 is 28.0. The first-order chi connectivity index (χ1) is 11.7. The number of Topliss-reactive ketones (excluding diaryl/α,β-unsaturated/α-hetero) is 1. The maximum Gasteiger partial charge on any atom is 0.350 e. The predicted molar refractivity (Wildman–Crippen MR) is 85.5 cm³/mol. The minimum absolute atomic E-state index is 0.00573. The average Bonchev–Trinajstić information content (AvgIpc) is 2.49. The Morgan fingerprint density at radius 1 is 1.24 bits per heavy atom. The third kappa shape index (κ3) is 5.82. The maximum absolute atomic E-state index is 12.7. The molecule has 0 aromatic rings. The van der Waals surface area contributed by atoms with E-state index in [1.165, 1.54) is 0 Å². The van der Waals surface area contributed by atoms with E-state index in [1.807, 2.05) is 5.48 Å². The zero-order valence-electron chi connectivity index (χ0n) is 14.7. The van der Waals surface area contributed by atoms with Crippen LogP contribution >= 0.6 is 7.60 Å². The molecule has 1 amide bonds. The summed E-state index contributed by atoms with van der Waals surface area (Å²) in [4.78, 5) is 29.1. The lowest BCUT2D eigenvalue weighted by Crippen LogP contribution is -2.51. The largest absolute Gasteiger partial charge is 0.390 e. The second kappa shape index (κ2) is 9.72. The summed E-state index contributed by atoms with van der Waals surface area (Å²) in [6.07, 6.45) is -3.92. The van der Waals surface area contributed by atoms with Crippen molar-refractivity contribution < 1.29 is 43.0 Å². The van der Waals surface area contributed by atoms with Crippen molar-refractivity contribution in [2.24, 2.45) is 0 Å². The molecule has 0 aliphatic carbocycles. The van der Waals surface area contributed by atoms with E-state index in [-0.39, 0.29) is 19.6 Å². The molecule has 1 aliphatic rings. The molecule has 2 unspecified atom stereocenters. The monoisotopic (exact) mass is 383 g/mol. The van der Waals surface area contributed by atoms with Crippen molar-refractivity contribution in [2.75, 3.05) is 13.2 Å². The Bertz CT molecular complexity index is 505. The quantitative estimate of drug-likeness (QED) is 0.287. The van der Waals surface area contributed by atoms with Gasteiger partial charge < -0.3 is 24.0 Å². The van der Waals surface area contributed by atoms with Gasteiger partial charge in [-0.2, -0.15) is 0 Å². The van der Waals surface area contributed by atoms with Crippen LogP contribution in [0.25, 0.3) is 0 Å². The molecular formula is C14H26NO9P. The summed E-state index contributed by atoms with van der Waals surface area (Å²) in [6, 6.07) is 0. The molecule has 10 nitrogen and oxygen atoms in total. The van der Waals surface area contributed by atoms with Gasteiger partial charge in [-0.3, -0.25) is 14.2 Å². The number of rotatable bonds is 9. The van der Waals surface area contributed by atoms with Crippen molar-refractivity contribution in [2.45, 2.75) is 64.4 Å². The van der Waals surface area contributed by atoms with E-state index in [0.717, 1.165) is 6.92 Å². The van der Waals surface area contributed by atoms with Gasteiger partial charge >= 0.3 is 7.60 Å². The first-order valence-corrected chi connectivity index (χ1v) is 9.63. The van der Waals surface area contributed by atoms with E-state index in [9.17, 15) is 24.4 Å². The number of hydrogen-bond acceptors (Lipinski definition) is 9. The third-order valence-electron chi connectivity index (χ3n) is 3.53. The van der Waals surface area contributed by atoms with Crippen LogP contribution in [0.4, 0.5) is 0 Å². The predicted octanol–water partition coefficient (Wildman–Crippen LogP) is 0.115. The van der Waals surface area contributed by atoms with Crippen LogP contribution < -0.4 is 5.48 Å². The zero-order valence-corrected chi connectivity index (χ0v) is 15.6. The second-order valence-corrected chi connectivity index (χ2v) is 7.67. The maximum atomic E-state index is 12.7. The lowest BCUT2D eigenvalue weighted by Gasteiger charge is -2.35. The van der Waals surface area contributed by atoms with Gasteiger partial charge in [-0.1, -0.05) is 0 Å². The fraction of sp³-hybridized carbons (Fsp3) is 0.857. The topological polar surface area (TPSA) is 141 Å². The highest BCUT2D eigenvalue weighted by atomic mass is 31.2. The summed E-state index contributed by atoms with van der Waals surface area (Å²) in [5.41, 5.74) is 0.252. The SMILES string of the molecule is CCOP(=O)(OCC)C(C(C)=O)C(=O)NOC1O[C@H](C)[C@@H](O)C[C@@H]1O. The molecule has 0 bridgehead atoms. The van der Waals surface area contributed by atoms with E-state index in [1.54, 1.807) is 20.8 Å². The van der Waals surface area contributed by atoms with Gasteiger partial charge in [0.1, 0.15) is 6.10 Å². The molecule has 0 radical (unpaired) electrons. The number of ketones is 1. The van der Waals surface area contributed by atoms with E-state index in [4.69, 9.17) is 18.6 Å². The number of nitrogens with one attached hydrogen (secondary N) is 1. The number of hydroxylamine groups is 1. The van der Waals surface area contributed by atoms with Gasteiger partial charge in [0.2, 0.25) is 6.29 Å². The summed E-state index contributed by atoms with van der Waals surface area (Å²) in [5.74, 6) is -1.76. The zero-order chi connectivity index (χ0) is 19.2. The molecule has 5 atom stereocenters. The molecule has 1 aliphatic heterocycles. The highest BCUT2D eigenvalue weighted by Crippen LogP contribution is 2.53. The molecule has 25 heavy (non-hydrogen) atoms. The Labute approximate surface area is 146 Å². The molecule has 0 saturated carbocycles. The van der Waals surface area contributed by atoms with Gasteiger partial charge in [0, 0.05) is 6.42 Å². The molecule has 0 aromatic carbocycles. The number of ether oxygens (including phenoxy) is 1. The van der Waals surface area contributed by atoms with E-state index >= 15 is 0 Å². The molecule has 1 rings (SSSR count). The van der Waals surface area contributed by atoms with Gasteiger partial charge in [0.25, 0.3) is 5.91 Å².